The van der Waals surface area contributed by atoms with Crippen molar-refractivity contribution in [1.29, 1.82) is 0 Å². The summed E-state index contributed by atoms with van der Waals surface area (Å²) < 4.78 is 33.1. The fourth-order valence-electron chi connectivity index (χ4n) is 2.54. The van der Waals surface area contributed by atoms with Crippen molar-refractivity contribution < 1.29 is 22.7 Å². The van der Waals surface area contributed by atoms with Gasteiger partial charge in [-0.25, -0.2) is 13.6 Å². The largest absolute Gasteiger partial charge is 0.497 e. The minimum atomic E-state index is -3.72. The first kappa shape index (κ1) is 22.0. The molecule has 9 heteroatoms. The summed E-state index contributed by atoms with van der Waals surface area (Å²) >= 11 is 0. The first-order valence-electron chi connectivity index (χ1n) is 9.17. The number of nitrogens with two attached hydrogens (primary N) is 1. The summed E-state index contributed by atoms with van der Waals surface area (Å²) in [4.78, 5) is 16.3. The maximum atomic E-state index is 12.0. The molecule has 0 radical (unpaired) electrons. The summed E-state index contributed by atoms with van der Waals surface area (Å²) in [6, 6.07) is 20.0. The lowest BCUT2D eigenvalue weighted by atomic mass is 10.2. The SMILES string of the molecule is COc1ccc(NC(=O)COc2ccc(C=Nc3ccc(S(N)(=O)=O)cc3)cc2)cc1. The summed E-state index contributed by atoms with van der Waals surface area (Å²) in [5.41, 5.74) is 2.05. The van der Waals surface area contributed by atoms with Crippen molar-refractivity contribution in [2.24, 2.45) is 10.1 Å². The summed E-state index contributed by atoms with van der Waals surface area (Å²) in [7, 11) is -2.15. The molecule has 31 heavy (non-hydrogen) atoms. The minimum Gasteiger partial charge on any atom is -0.497 e. The van der Waals surface area contributed by atoms with Crippen molar-refractivity contribution in [2.75, 3.05) is 19.0 Å². The first-order chi connectivity index (χ1) is 14.8. The lowest BCUT2D eigenvalue weighted by molar-refractivity contribution is -0.118. The van der Waals surface area contributed by atoms with Crippen LogP contribution in [0.3, 0.4) is 0 Å². The fourth-order valence-corrected chi connectivity index (χ4v) is 3.06. The van der Waals surface area contributed by atoms with Gasteiger partial charge in [0.05, 0.1) is 17.7 Å². The first-order valence-corrected chi connectivity index (χ1v) is 10.7. The maximum absolute atomic E-state index is 12.0. The highest BCUT2D eigenvalue weighted by Crippen LogP contribution is 2.17. The van der Waals surface area contributed by atoms with Gasteiger partial charge in [0.25, 0.3) is 5.91 Å². The van der Waals surface area contributed by atoms with Gasteiger partial charge in [-0.05, 0) is 78.4 Å². The van der Waals surface area contributed by atoms with Crippen molar-refractivity contribution in [1.82, 2.24) is 0 Å². The molecule has 3 aromatic carbocycles. The molecule has 1 amide bonds. The van der Waals surface area contributed by atoms with Crippen molar-refractivity contribution in [2.45, 2.75) is 4.90 Å². The van der Waals surface area contributed by atoms with E-state index in [9.17, 15) is 13.2 Å². The second-order valence-electron chi connectivity index (χ2n) is 6.43. The Morgan fingerprint density at radius 2 is 1.58 bits per heavy atom. The molecule has 0 aliphatic rings. The molecule has 8 nitrogen and oxygen atoms in total. The summed E-state index contributed by atoms with van der Waals surface area (Å²) in [6.07, 6.45) is 1.63. The van der Waals surface area contributed by atoms with Crippen LogP contribution >= 0.6 is 0 Å². The van der Waals surface area contributed by atoms with Gasteiger partial charge < -0.3 is 14.8 Å². The molecule has 0 saturated carbocycles. The second-order valence-corrected chi connectivity index (χ2v) is 7.99. The second kappa shape index (κ2) is 9.88. The number of nitrogens with one attached hydrogen (secondary N) is 1. The molecule has 0 spiro atoms. The number of hydrogen-bond donors (Lipinski definition) is 2. The molecule has 0 aliphatic heterocycles. The molecule has 3 N–H and O–H groups in total. The van der Waals surface area contributed by atoms with Crippen LogP contribution in [0, 0.1) is 0 Å². The number of ether oxygens (including phenoxy) is 2. The van der Waals surface area contributed by atoms with E-state index in [2.05, 4.69) is 10.3 Å². The molecule has 0 aromatic heterocycles. The predicted octanol–water partition coefficient (Wildman–Crippen LogP) is 3.11. The van der Waals surface area contributed by atoms with E-state index in [4.69, 9.17) is 14.6 Å². The molecule has 0 fully saturated rings. The predicted molar refractivity (Wildman–Crippen MR) is 119 cm³/mol. The van der Waals surface area contributed by atoms with E-state index in [-0.39, 0.29) is 17.4 Å². The lowest BCUT2D eigenvalue weighted by Gasteiger charge is -2.08. The zero-order valence-corrected chi connectivity index (χ0v) is 17.5. The van der Waals surface area contributed by atoms with Crippen molar-refractivity contribution in [3.63, 3.8) is 0 Å². The molecule has 3 rings (SSSR count). The molecule has 0 bridgehead atoms. The van der Waals surface area contributed by atoms with E-state index in [0.29, 0.717) is 22.9 Å². The topological polar surface area (TPSA) is 120 Å². The number of carbonyl (C=O) groups excluding carboxylic acids is 1. The van der Waals surface area contributed by atoms with Gasteiger partial charge in [0.1, 0.15) is 11.5 Å². The number of sulfonamides is 1. The number of hydrogen-bond acceptors (Lipinski definition) is 6. The zero-order valence-electron chi connectivity index (χ0n) is 16.7. The molecule has 0 atom stereocenters. The Bertz CT molecular complexity index is 1160. The van der Waals surface area contributed by atoms with Crippen LogP contribution in [0.1, 0.15) is 5.56 Å². The quantitative estimate of drug-likeness (QED) is 0.523. The summed E-state index contributed by atoms with van der Waals surface area (Å²) in [6.45, 7) is -0.129. The Labute approximate surface area is 180 Å². The third-order valence-corrected chi connectivity index (χ3v) is 5.08. The maximum Gasteiger partial charge on any atom is 0.262 e. The third kappa shape index (κ3) is 6.66. The number of aliphatic imine (C=N–C) groups is 1. The fraction of sp³-hybridized carbons (Fsp3) is 0.0909. The Morgan fingerprint density at radius 1 is 0.968 bits per heavy atom. The smallest absolute Gasteiger partial charge is 0.262 e. The molecule has 0 saturated heterocycles. The summed E-state index contributed by atoms with van der Waals surface area (Å²) in [5.74, 6) is 0.969. The number of nitrogens with zero attached hydrogens (tertiary/aromatic N) is 1. The van der Waals surface area contributed by atoms with E-state index in [1.54, 1.807) is 74.0 Å². The van der Waals surface area contributed by atoms with E-state index < -0.39 is 10.0 Å². The number of methoxy groups -OCH3 is 1. The van der Waals surface area contributed by atoms with Crippen LogP contribution in [0.15, 0.2) is 82.7 Å². The van der Waals surface area contributed by atoms with Crippen LogP contribution in [0.5, 0.6) is 11.5 Å². The average molecular weight is 439 g/mol. The highest BCUT2D eigenvalue weighted by atomic mass is 32.2. The van der Waals surface area contributed by atoms with Gasteiger partial charge in [0.15, 0.2) is 6.61 Å². The average Bonchev–Trinajstić information content (AvgIpc) is 2.77. The Morgan fingerprint density at radius 3 is 2.16 bits per heavy atom. The van der Waals surface area contributed by atoms with Crippen LogP contribution in [0.25, 0.3) is 0 Å². The molecular formula is C22H21N3O5S. The monoisotopic (exact) mass is 439 g/mol. The van der Waals surface area contributed by atoms with Crippen LogP contribution in [-0.4, -0.2) is 34.3 Å². The lowest BCUT2D eigenvalue weighted by Crippen LogP contribution is -2.20. The summed E-state index contributed by atoms with van der Waals surface area (Å²) in [5, 5.41) is 7.81. The Hall–Kier alpha value is -3.69. The number of carbonyl (C=O) groups is 1. The zero-order chi connectivity index (χ0) is 22.3. The van der Waals surface area contributed by atoms with Gasteiger partial charge in [-0.15, -0.1) is 0 Å². The van der Waals surface area contributed by atoms with Gasteiger partial charge in [-0.1, -0.05) is 0 Å². The highest BCUT2D eigenvalue weighted by molar-refractivity contribution is 7.89. The van der Waals surface area contributed by atoms with E-state index in [1.165, 1.54) is 12.1 Å². The molecule has 0 heterocycles. The van der Waals surface area contributed by atoms with Crippen LogP contribution in [-0.2, 0) is 14.8 Å². The van der Waals surface area contributed by atoms with Crippen LogP contribution < -0.4 is 19.9 Å². The molecule has 160 valence electrons. The highest BCUT2D eigenvalue weighted by Gasteiger charge is 2.06. The number of primary sulfonamides is 1. The number of amides is 1. The van der Waals surface area contributed by atoms with E-state index in [0.717, 1.165) is 5.56 Å². The number of benzene rings is 3. The van der Waals surface area contributed by atoms with E-state index in [1.807, 2.05) is 0 Å². The molecular weight excluding hydrogens is 418 g/mol. The standard InChI is InChI=1S/C22H21N3O5S/c1-29-19-10-4-18(5-11-19)25-22(26)15-30-20-8-2-16(3-9-20)14-24-17-6-12-21(13-7-17)31(23,27)28/h2-14H,15H2,1H3,(H,25,26)(H2,23,27,28). The number of anilines is 1. The third-order valence-electron chi connectivity index (χ3n) is 4.15. The van der Waals surface area contributed by atoms with E-state index >= 15 is 0 Å². The van der Waals surface area contributed by atoms with Crippen molar-refractivity contribution in [3.8, 4) is 11.5 Å². The van der Waals surface area contributed by atoms with Gasteiger partial charge >= 0.3 is 0 Å². The van der Waals surface area contributed by atoms with Crippen LogP contribution in [0.4, 0.5) is 11.4 Å². The van der Waals surface area contributed by atoms with Gasteiger partial charge in [0, 0.05) is 11.9 Å². The van der Waals surface area contributed by atoms with Gasteiger partial charge in [-0.2, -0.15) is 0 Å². The van der Waals surface area contributed by atoms with Crippen LogP contribution in [0.2, 0.25) is 0 Å². The number of rotatable bonds is 8. The van der Waals surface area contributed by atoms with Crippen molar-refractivity contribution in [3.05, 3.63) is 78.4 Å². The van der Waals surface area contributed by atoms with Crippen molar-refractivity contribution >= 4 is 33.5 Å². The molecule has 0 aliphatic carbocycles. The minimum absolute atomic E-state index is 0.0315. The Kier molecular flexibility index (Phi) is 7.01. The Balaban J connectivity index is 1.51. The van der Waals surface area contributed by atoms with Gasteiger partial charge in [-0.3, -0.25) is 9.79 Å². The normalized spacial score (nSPS) is 11.3. The van der Waals surface area contributed by atoms with Gasteiger partial charge in [0.2, 0.25) is 10.0 Å². The molecule has 3 aromatic rings. The molecule has 0 unspecified atom stereocenters.